The zero-order chi connectivity index (χ0) is 12.1. The molecule has 0 amide bonds. The van der Waals surface area contributed by atoms with Crippen LogP contribution < -0.4 is 4.90 Å². The van der Waals surface area contributed by atoms with E-state index in [-0.39, 0.29) is 0 Å². The van der Waals surface area contributed by atoms with Crippen molar-refractivity contribution < 1.29 is 0 Å². The van der Waals surface area contributed by atoms with Gasteiger partial charge in [-0.1, -0.05) is 28.1 Å². The molecule has 94 valence electrons. The average molecular weight is 306 g/mol. The molecule has 0 saturated carbocycles. The average Bonchev–Trinajstić information content (AvgIpc) is 2.88. The summed E-state index contributed by atoms with van der Waals surface area (Å²) in [4.78, 5) is 11.5. The number of alkyl halides is 1. The van der Waals surface area contributed by atoms with E-state index in [2.05, 4.69) is 44.0 Å². The van der Waals surface area contributed by atoms with Crippen molar-refractivity contribution in [1.82, 2.24) is 9.97 Å². The zero-order valence-corrected chi connectivity index (χ0v) is 11.7. The maximum atomic E-state index is 4.76. The first kappa shape index (κ1) is 10.9. The van der Waals surface area contributed by atoms with Gasteiger partial charge in [-0.2, -0.15) is 0 Å². The lowest BCUT2D eigenvalue weighted by atomic mass is 10.0. The molecule has 2 saturated heterocycles. The summed E-state index contributed by atoms with van der Waals surface area (Å²) >= 11 is 3.79. The Labute approximate surface area is 115 Å². The molecule has 2 bridgehead atoms. The van der Waals surface area contributed by atoms with Crippen LogP contribution in [0.3, 0.4) is 0 Å². The third-order valence-corrected chi connectivity index (χ3v) is 5.04. The normalized spacial score (nSPS) is 31.2. The van der Waals surface area contributed by atoms with Crippen LogP contribution in [0.25, 0.3) is 11.0 Å². The summed E-state index contributed by atoms with van der Waals surface area (Å²) in [5.41, 5.74) is 2.22. The molecule has 2 aliphatic rings. The summed E-state index contributed by atoms with van der Waals surface area (Å²) in [7, 11) is 0. The Morgan fingerprint density at radius 3 is 2.61 bits per heavy atom. The fourth-order valence-corrected chi connectivity index (χ4v) is 4.38. The molecule has 4 rings (SSSR count). The van der Waals surface area contributed by atoms with Crippen molar-refractivity contribution in [3.05, 3.63) is 24.3 Å². The van der Waals surface area contributed by atoms with Crippen molar-refractivity contribution in [1.29, 1.82) is 0 Å². The smallest absolute Gasteiger partial charge is 0.204 e. The van der Waals surface area contributed by atoms with Gasteiger partial charge < -0.3 is 9.88 Å². The number of aromatic nitrogens is 2. The van der Waals surface area contributed by atoms with Crippen LogP contribution in [0.15, 0.2) is 24.3 Å². The number of H-pyrrole nitrogens is 1. The van der Waals surface area contributed by atoms with Gasteiger partial charge in [0.15, 0.2) is 0 Å². The number of anilines is 1. The van der Waals surface area contributed by atoms with Crippen LogP contribution in [0.1, 0.15) is 25.7 Å². The van der Waals surface area contributed by atoms with Crippen molar-refractivity contribution in [3.63, 3.8) is 0 Å². The summed E-state index contributed by atoms with van der Waals surface area (Å²) in [6, 6.07) is 9.61. The highest BCUT2D eigenvalue weighted by molar-refractivity contribution is 9.09. The van der Waals surface area contributed by atoms with Gasteiger partial charge in [0.2, 0.25) is 5.95 Å². The molecule has 3 nitrogen and oxygen atoms in total. The molecule has 2 unspecified atom stereocenters. The number of hydrogen-bond donors (Lipinski definition) is 1. The molecular formula is C14H16BrN3. The lowest BCUT2D eigenvalue weighted by Gasteiger charge is -2.36. The summed E-state index contributed by atoms with van der Waals surface area (Å²) in [5, 5.41) is 0. The standard InChI is InChI=1S/C14H16BrN3/c15-9-7-10-5-6-11(8-9)18(10)14-16-12-3-1-2-4-13(12)17-14/h1-4,9-11H,5-8H2,(H,16,17). The third kappa shape index (κ3) is 1.58. The fourth-order valence-electron chi connectivity index (χ4n) is 3.52. The van der Waals surface area contributed by atoms with Crippen LogP contribution in [0.5, 0.6) is 0 Å². The quantitative estimate of drug-likeness (QED) is 0.818. The Morgan fingerprint density at radius 1 is 1.17 bits per heavy atom. The van der Waals surface area contributed by atoms with E-state index in [1.54, 1.807) is 0 Å². The first-order chi connectivity index (χ1) is 8.81. The Bertz CT molecular complexity index is 532. The molecule has 0 aliphatic carbocycles. The molecule has 4 heteroatoms. The molecule has 0 spiro atoms. The van der Waals surface area contributed by atoms with E-state index in [1.165, 1.54) is 25.7 Å². The van der Waals surface area contributed by atoms with Crippen LogP contribution in [0, 0.1) is 0 Å². The SMILES string of the molecule is BrC1CC2CCC(C1)N2c1nc2ccccc2[nH]1. The van der Waals surface area contributed by atoms with E-state index in [1.807, 2.05) is 6.07 Å². The van der Waals surface area contributed by atoms with Gasteiger partial charge in [0, 0.05) is 16.9 Å². The number of aromatic amines is 1. The number of benzene rings is 1. The molecule has 1 aromatic heterocycles. The van der Waals surface area contributed by atoms with E-state index < -0.39 is 0 Å². The summed E-state index contributed by atoms with van der Waals surface area (Å²) in [5.74, 6) is 1.07. The number of hydrogen-bond acceptors (Lipinski definition) is 2. The minimum Gasteiger partial charge on any atom is -0.336 e. The van der Waals surface area contributed by atoms with Gasteiger partial charge >= 0.3 is 0 Å². The van der Waals surface area contributed by atoms with Gasteiger partial charge in [-0.25, -0.2) is 4.98 Å². The van der Waals surface area contributed by atoms with Crippen LogP contribution >= 0.6 is 15.9 Å². The molecule has 2 fully saturated rings. The molecule has 2 aliphatic heterocycles. The van der Waals surface area contributed by atoms with Crippen molar-refractivity contribution in [2.24, 2.45) is 0 Å². The van der Waals surface area contributed by atoms with E-state index in [0.29, 0.717) is 16.9 Å². The van der Waals surface area contributed by atoms with Gasteiger partial charge in [-0.05, 0) is 37.8 Å². The van der Waals surface area contributed by atoms with E-state index >= 15 is 0 Å². The molecule has 2 aromatic rings. The van der Waals surface area contributed by atoms with Crippen molar-refractivity contribution in [2.75, 3.05) is 4.90 Å². The number of nitrogens with one attached hydrogen (secondary N) is 1. The topological polar surface area (TPSA) is 31.9 Å². The summed E-state index contributed by atoms with van der Waals surface area (Å²) in [6.45, 7) is 0. The molecular weight excluding hydrogens is 290 g/mol. The molecule has 1 aromatic carbocycles. The second kappa shape index (κ2) is 3.98. The number of imidazole rings is 1. The van der Waals surface area contributed by atoms with Crippen molar-refractivity contribution in [3.8, 4) is 0 Å². The highest BCUT2D eigenvalue weighted by atomic mass is 79.9. The largest absolute Gasteiger partial charge is 0.336 e. The first-order valence-corrected chi connectivity index (χ1v) is 7.60. The van der Waals surface area contributed by atoms with Gasteiger partial charge in [-0.3, -0.25) is 0 Å². The van der Waals surface area contributed by atoms with Crippen molar-refractivity contribution >= 4 is 32.9 Å². The predicted molar refractivity (Wildman–Crippen MR) is 77.3 cm³/mol. The Morgan fingerprint density at radius 2 is 1.89 bits per heavy atom. The Hall–Kier alpha value is -1.03. The number of fused-ring (bicyclic) bond motifs is 3. The van der Waals surface area contributed by atoms with Gasteiger partial charge in [0.1, 0.15) is 0 Å². The van der Waals surface area contributed by atoms with Gasteiger partial charge in [0.05, 0.1) is 11.0 Å². The molecule has 18 heavy (non-hydrogen) atoms. The summed E-state index contributed by atoms with van der Waals surface area (Å²) in [6.07, 6.45) is 5.11. The third-order valence-electron chi connectivity index (χ3n) is 4.30. The highest BCUT2D eigenvalue weighted by Gasteiger charge is 2.41. The van der Waals surface area contributed by atoms with Crippen LogP contribution in [0.2, 0.25) is 0 Å². The monoisotopic (exact) mass is 305 g/mol. The van der Waals surface area contributed by atoms with E-state index in [4.69, 9.17) is 4.98 Å². The van der Waals surface area contributed by atoms with Gasteiger partial charge in [-0.15, -0.1) is 0 Å². The Balaban J connectivity index is 1.74. The number of nitrogens with zero attached hydrogens (tertiary/aromatic N) is 2. The van der Waals surface area contributed by atoms with Crippen LogP contribution in [0.4, 0.5) is 5.95 Å². The first-order valence-electron chi connectivity index (χ1n) is 6.68. The minimum atomic E-state index is 0.661. The second-order valence-corrected chi connectivity index (χ2v) is 6.73. The molecule has 2 atom stereocenters. The number of piperidine rings is 1. The lowest BCUT2D eigenvalue weighted by molar-refractivity contribution is 0.476. The van der Waals surface area contributed by atoms with Crippen LogP contribution in [-0.4, -0.2) is 26.9 Å². The fraction of sp³-hybridized carbons (Fsp3) is 0.500. The van der Waals surface area contributed by atoms with Crippen LogP contribution in [-0.2, 0) is 0 Å². The van der Waals surface area contributed by atoms with Crippen molar-refractivity contribution in [2.45, 2.75) is 42.6 Å². The maximum Gasteiger partial charge on any atom is 0.204 e. The zero-order valence-electron chi connectivity index (χ0n) is 10.1. The molecule has 3 heterocycles. The predicted octanol–water partition coefficient (Wildman–Crippen LogP) is 3.46. The molecule has 1 N–H and O–H groups in total. The number of halogens is 1. The lowest BCUT2D eigenvalue weighted by Crippen LogP contribution is -2.43. The van der Waals surface area contributed by atoms with Gasteiger partial charge in [0.25, 0.3) is 0 Å². The number of para-hydroxylation sites is 2. The Kier molecular flexibility index (Phi) is 2.40. The maximum absolute atomic E-state index is 4.76. The second-order valence-electron chi connectivity index (χ2n) is 5.44. The molecule has 0 radical (unpaired) electrons. The highest BCUT2D eigenvalue weighted by Crippen LogP contribution is 2.40. The van der Waals surface area contributed by atoms with E-state index in [0.717, 1.165) is 17.0 Å². The van der Waals surface area contributed by atoms with E-state index in [9.17, 15) is 0 Å². The minimum absolute atomic E-state index is 0.661. The summed E-state index contributed by atoms with van der Waals surface area (Å²) < 4.78 is 0. The number of rotatable bonds is 1.